The standard InChI is InChI=1S/C84H152N8O32/c93-65-17-85-1-9-89(10-2-85)21-69(97)29-105-53-82(57-109-33-73-41-117-73,58-110-34-74-42-118-74)54-106-30-70(98)22-90-11-3-86(4-12-90)18-66(94)26-102-50-81(49-101-25-65,51-103-27-67(95)19-87-5-13-91(14-6-87)23-71(99)31-107-55-83(59-111-35-75-43-119-75,60-112-36-76-44-120-76)61-113-37-77-45-121-77)52-104-28-68(96)20-88-7-15-92(16-8-88)24-72(100)32-108-56-84(62-114-38-78-46-122-78,63-115-39-79-47-123-79)64-116-40-80-48-124-80/h65-80,93-100H,1-64H2. The molecule has 0 radical (unpaired) electrons. The van der Waals surface area contributed by atoms with Crippen LogP contribution in [0.1, 0.15) is 0 Å². The van der Waals surface area contributed by atoms with Crippen molar-refractivity contribution in [3.8, 4) is 0 Å². The van der Waals surface area contributed by atoms with Gasteiger partial charge in [-0.15, -0.1) is 0 Å². The molecule has 40 nitrogen and oxygen atoms in total. The van der Waals surface area contributed by atoms with Gasteiger partial charge in [0.25, 0.3) is 0 Å². The van der Waals surface area contributed by atoms with Crippen molar-refractivity contribution >= 4 is 0 Å². The third kappa shape index (κ3) is 40.3. The molecule has 16 rings (SSSR count). The van der Waals surface area contributed by atoms with Gasteiger partial charge in [0.15, 0.2) is 0 Å². The summed E-state index contributed by atoms with van der Waals surface area (Å²) in [5.74, 6) is 0. The normalized spacial score (nSPS) is 35.4. The predicted molar refractivity (Wildman–Crippen MR) is 440 cm³/mol. The molecule has 0 saturated carbocycles. The number of piperazine rings is 4. The van der Waals surface area contributed by atoms with Gasteiger partial charge in [-0.3, -0.25) is 39.2 Å². The highest BCUT2D eigenvalue weighted by molar-refractivity contribution is 4.90. The Kier molecular flexibility index (Phi) is 42.6. The van der Waals surface area contributed by atoms with Crippen LogP contribution in [0.3, 0.4) is 0 Å². The summed E-state index contributed by atoms with van der Waals surface area (Å²) in [6, 6.07) is 0. The van der Waals surface area contributed by atoms with Crippen LogP contribution in [0.4, 0.5) is 0 Å². The van der Waals surface area contributed by atoms with Gasteiger partial charge in [0.2, 0.25) is 0 Å². The first kappa shape index (κ1) is 99.9. The molecular weight excluding hydrogens is 1630 g/mol. The maximum Gasteiger partial charge on any atom is 0.104 e. The zero-order valence-corrected chi connectivity index (χ0v) is 73.4. The summed E-state index contributed by atoms with van der Waals surface area (Å²) < 4.78 is 144. The Labute approximate surface area is 731 Å². The van der Waals surface area contributed by atoms with Crippen LogP contribution < -0.4 is 0 Å². The number of aliphatic hydroxyl groups excluding tert-OH is 8. The van der Waals surface area contributed by atoms with Crippen LogP contribution in [-0.2, 0) is 114 Å². The summed E-state index contributed by atoms with van der Waals surface area (Å²) in [5.41, 5.74) is -3.09. The zero-order valence-electron chi connectivity index (χ0n) is 73.4. The summed E-state index contributed by atoms with van der Waals surface area (Å²) in [6.07, 6.45) is -6.07. The zero-order chi connectivity index (χ0) is 86.1. The number of epoxide rings is 8. The Bertz CT molecular complexity index is 2560. The van der Waals surface area contributed by atoms with Gasteiger partial charge >= 0.3 is 0 Å². The summed E-state index contributed by atoms with van der Waals surface area (Å²) in [4.78, 5) is 17.5. The first-order chi connectivity index (χ1) is 60.4. The second-order valence-electron chi connectivity index (χ2n) is 37.5. The lowest BCUT2D eigenvalue weighted by molar-refractivity contribution is -0.135. The molecule has 4 bridgehead atoms. The molecule has 0 aliphatic carbocycles. The van der Waals surface area contributed by atoms with Crippen molar-refractivity contribution in [1.29, 1.82) is 0 Å². The van der Waals surface area contributed by atoms with Crippen molar-refractivity contribution in [3.05, 3.63) is 0 Å². The van der Waals surface area contributed by atoms with Crippen LogP contribution in [0.15, 0.2) is 0 Å². The lowest BCUT2D eigenvalue weighted by atomic mass is 9.92. The molecule has 0 aromatic rings. The van der Waals surface area contributed by atoms with Crippen LogP contribution in [0.2, 0.25) is 0 Å². The van der Waals surface area contributed by atoms with Gasteiger partial charge in [0.1, 0.15) is 48.8 Å². The monoisotopic (exact) mass is 1790 g/mol. The highest BCUT2D eigenvalue weighted by atomic mass is 16.6. The molecule has 16 aliphatic rings. The molecule has 0 spiro atoms. The number of ether oxygens (including phenoxy) is 24. The van der Waals surface area contributed by atoms with Crippen molar-refractivity contribution in [2.45, 2.75) is 97.7 Å². The molecule has 40 heteroatoms. The summed E-state index contributed by atoms with van der Waals surface area (Å²) in [7, 11) is 0. The lowest BCUT2D eigenvalue weighted by Crippen LogP contribution is -2.52. The molecule has 16 unspecified atom stereocenters. The van der Waals surface area contributed by atoms with E-state index in [0.29, 0.717) is 302 Å². The fourth-order valence-corrected chi connectivity index (χ4v) is 16.3. The van der Waals surface area contributed by atoms with E-state index in [-0.39, 0.29) is 168 Å². The lowest BCUT2D eigenvalue weighted by Gasteiger charge is -2.38. The summed E-state index contributed by atoms with van der Waals surface area (Å²) in [6.45, 7) is 25.7. The molecule has 0 amide bonds. The first-order valence-corrected chi connectivity index (χ1v) is 45.8. The highest BCUT2D eigenvalue weighted by Crippen LogP contribution is 2.30. The Morgan fingerprint density at radius 1 is 0.250 bits per heavy atom. The van der Waals surface area contributed by atoms with Crippen LogP contribution >= 0.6 is 0 Å². The average Bonchev–Trinajstić information content (AvgIpc) is 1.76. The molecule has 8 N–H and O–H groups in total. The van der Waals surface area contributed by atoms with E-state index in [2.05, 4.69) is 39.2 Å². The van der Waals surface area contributed by atoms with E-state index in [9.17, 15) is 40.9 Å². The maximum atomic E-state index is 11.8. The van der Waals surface area contributed by atoms with Crippen molar-refractivity contribution in [1.82, 2.24) is 39.2 Å². The fourth-order valence-electron chi connectivity index (χ4n) is 16.3. The van der Waals surface area contributed by atoms with E-state index in [0.717, 1.165) is 0 Å². The fraction of sp³-hybridized carbons (Fsp3) is 1.00. The van der Waals surface area contributed by atoms with E-state index in [1.54, 1.807) is 0 Å². The minimum Gasteiger partial charge on any atom is -0.389 e. The Morgan fingerprint density at radius 3 is 0.645 bits per heavy atom. The van der Waals surface area contributed by atoms with Gasteiger partial charge in [-0.05, 0) is 0 Å². The average molecular weight is 1790 g/mol. The molecule has 16 saturated heterocycles. The second kappa shape index (κ2) is 52.9. The van der Waals surface area contributed by atoms with Crippen molar-refractivity contribution in [2.75, 3.05) is 421 Å². The first-order valence-electron chi connectivity index (χ1n) is 45.8. The Morgan fingerprint density at radius 2 is 0.435 bits per heavy atom. The van der Waals surface area contributed by atoms with E-state index in [1.165, 1.54) is 0 Å². The summed E-state index contributed by atoms with van der Waals surface area (Å²) in [5, 5.41) is 92.6. The van der Waals surface area contributed by atoms with Crippen molar-refractivity contribution in [3.63, 3.8) is 0 Å². The van der Waals surface area contributed by atoms with Gasteiger partial charge < -0.3 is 155 Å². The number of hydrogen-bond donors (Lipinski definition) is 8. The van der Waals surface area contributed by atoms with Crippen LogP contribution in [0.5, 0.6) is 0 Å². The van der Waals surface area contributed by atoms with Gasteiger partial charge in [-0.1, -0.05) is 0 Å². The third-order valence-corrected chi connectivity index (χ3v) is 24.3. The molecule has 720 valence electrons. The maximum absolute atomic E-state index is 11.8. The molecule has 0 aromatic heterocycles. The topological polar surface area (TPSA) is 436 Å². The number of β-amino-alcohol motifs (C(OH)–C–C–N with tert-alkyl or cyclic N) is 4. The predicted octanol–water partition coefficient (Wildman–Crippen LogP) is -7.24. The number of aliphatic hydroxyl groups is 8. The largest absolute Gasteiger partial charge is 0.389 e. The van der Waals surface area contributed by atoms with E-state index >= 15 is 0 Å². The minimum atomic E-state index is -1.07. The minimum absolute atomic E-state index is 0.00974. The van der Waals surface area contributed by atoms with E-state index in [4.69, 9.17) is 114 Å². The van der Waals surface area contributed by atoms with Gasteiger partial charge in [-0.2, -0.15) is 0 Å². The van der Waals surface area contributed by atoms with E-state index < -0.39 is 70.5 Å². The number of hydrogen-bond acceptors (Lipinski definition) is 40. The van der Waals surface area contributed by atoms with E-state index in [1.807, 2.05) is 0 Å². The SMILES string of the molecule is OC1COCC(COCC(O)CN2CCN(CC(O)COCC(COCC3CO3)(COCC3CO3)COCC3CO3)CC2)(COCC(O)CN2CCN(CC(O)COCC(COCC3CO3)(COCC3CO3)COCC3CO3)CC2)COCC(O)CN2CCN(CC2)CC(O)COCC(COCC2CO2)(COCC2CO2)COCC(O)CN2CCN(CC2)C1. The Balaban J connectivity index is 0.601. The quantitative estimate of drug-likeness (QED) is 0.0262. The van der Waals surface area contributed by atoms with Gasteiger partial charge in [0.05, 0.1) is 335 Å². The molecule has 16 heterocycles. The van der Waals surface area contributed by atoms with Crippen LogP contribution in [0, 0.1) is 21.7 Å². The number of rotatable bonds is 56. The van der Waals surface area contributed by atoms with Crippen LogP contribution in [0.25, 0.3) is 0 Å². The smallest absolute Gasteiger partial charge is 0.104 e. The number of nitrogens with zero attached hydrogens (tertiary/aromatic N) is 8. The third-order valence-electron chi connectivity index (χ3n) is 24.3. The van der Waals surface area contributed by atoms with Crippen LogP contribution in [-0.4, -0.2) is 599 Å². The van der Waals surface area contributed by atoms with Gasteiger partial charge in [-0.25, -0.2) is 0 Å². The molecule has 16 atom stereocenters. The Hall–Kier alpha value is -1.60. The highest BCUT2D eigenvalue weighted by Gasteiger charge is 2.43. The molecular formula is C84H152N8O32. The van der Waals surface area contributed by atoms with Gasteiger partial charge in [0, 0.05) is 157 Å². The molecule has 16 aliphatic heterocycles. The second-order valence-corrected chi connectivity index (χ2v) is 37.5. The summed E-state index contributed by atoms with van der Waals surface area (Å²) >= 11 is 0. The van der Waals surface area contributed by atoms with Crippen molar-refractivity contribution < 1.29 is 155 Å². The molecule has 0 aromatic carbocycles. The van der Waals surface area contributed by atoms with Crippen molar-refractivity contribution in [2.24, 2.45) is 21.7 Å². The molecule has 124 heavy (non-hydrogen) atoms. The molecule has 16 fully saturated rings.